The molecule has 3 aliphatic rings. The average molecular weight is 464 g/mol. The zero-order valence-corrected chi connectivity index (χ0v) is 18.5. The molecule has 4 rings (SSSR count). The van der Waals surface area contributed by atoms with Gasteiger partial charge in [0.15, 0.2) is 0 Å². The van der Waals surface area contributed by atoms with Gasteiger partial charge in [-0.3, -0.25) is 4.79 Å². The van der Waals surface area contributed by atoms with E-state index in [0.29, 0.717) is 57.2 Å². The number of hydrogen-bond acceptors (Lipinski definition) is 4. The van der Waals surface area contributed by atoms with Crippen molar-refractivity contribution in [1.82, 2.24) is 15.5 Å². The molecule has 1 aromatic carbocycles. The van der Waals surface area contributed by atoms with E-state index >= 15 is 0 Å². The number of rotatable bonds is 4. The molecule has 1 spiro atoms. The van der Waals surface area contributed by atoms with Gasteiger partial charge in [-0.05, 0) is 49.8 Å². The highest BCUT2D eigenvalue weighted by Gasteiger charge is 2.52. The van der Waals surface area contributed by atoms with Crippen LogP contribution in [0.5, 0.6) is 0 Å². The second-order valence-corrected chi connectivity index (χ2v) is 9.37. The predicted molar refractivity (Wildman–Crippen MR) is 115 cm³/mol. The minimum absolute atomic E-state index is 0.0671. The van der Waals surface area contributed by atoms with Gasteiger partial charge in [0.2, 0.25) is 5.91 Å². The molecular weight excluding hydrogens is 435 g/mol. The fraction of sp³-hybridized carbons (Fsp3) is 0.609. The van der Waals surface area contributed by atoms with E-state index in [1.165, 1.54) is 12.1 Å². The van der Waals surface area contributed by atoms with E-state index < -0.39 is 22.7 Å². The molecule has 2 heterocycles. The molecule has 0 aromatic heterocycles. The molecule has 3 amide bonds. The lowest BCUT2D eigenvalue weighted by atomic mass is 9.70. The van der Waals surface area contributed by atoms with Gasteiger partial charge in [-0.25, -0.2) is 4.79 Å². The molecule has 1 aromatic rings. The number of likely N-dealkylation sites (tertiary alicyclic amines) is 1. The van der Waals surface area contributed by atoms with Gasteiger partial charge in [-0.15, -0.1) is 0 Å². The third kappa shape index (κ3) is 4.72. The zero-order chi connectivity index (χ0) is 23.8. The summed E-state index contributed by atoms with van der Waals surface area (Å²) in [6.45, 7) is 2.34. The number of hydrogen-bond donors (Lipinski definition) is 2. The van der Waals surface area contributed by atoms with E-state index in [4.69, 9.17) is 5.26 Å². The number of halogens is 3. The molecule has 178 valence electrons. The molecule has 0 bridgehead atoms. The molecule has 1 aliphatic carbocycles. The third-order valence-corrected chi connectivity index (χ3v) is 7.28. The molecule has 1 atom stereocenters. The van der Waals surface area contributed by atoms with Crippen LogP contribution in [0.2, 0.25) is 0 Å². The summed E-state index contributed by atoms with van der Waals surface area (Å²) < 4.78 is 40.5. The second-order valence-electron chi connectivity index (χ2n) is 9.37. The molecule has 2 saturated heterocycles. The number of carbonyl (C=O) groups excluding carboxylic acids is 2. The quantitative estimate of drug-likeness (QED) is 0.719. The van der Waals surface area contributed by atoms with Crippen molar-refractivity contribution in [2.24, 2.45) is 17.3 Å². The van der Waals surface area contributed by atoms with Crippen LogP contribution in [-0.4, -0.2) is 56.6 Å². The number of amides is 3. The summed E-state index contributed by atoms with van der Waals surface area (Å²) in [5.74, 6) is 0.0703. The van der Waals surface area contributed by atoms with Crippen LogP contribution >= 0.6 is 0 Å². The van der Waals surface area contributed by atoms with Crippen LogP contribution in [0.15, 0.2) is 18.2 Å². The van der Waals surface area contributed by atoms with Crippen LogP contribution in [0, 0.1) is 28.6 Å². The number of anilines is 1. The van der Waals surface area contributed by atoms with Gasteiger partial charge in [-0.1, -0.05) is 0 Å². The maximum Gasteiger partial charge on any atom is 0.417 e. The monoisotopic (exact) mass is 463 g/mol. The Labute approximate surface area is 190 Å². The number of nitrogens with one attached hydrogen (secondary N) is 2. The van der Waals surface area contributed by atoms with Crippen LogP contribution in [0.4, 0.5) is 23.7 Å². The lowest BCUT2D eigenvalue weighted by Crippen LogP contribution is -2.51. The standard InChI is InChI=1S/C23H28F3N5O2/c1-28-21(33)30-8-6-22(7-9-30)14-31(13-19(22)20(32)29-12-15-2-3-15)17-5-4-16(11-27)18(10-17)23(24,25)26/h4-5,10,15,19H,2-3,6-9,12-14H2,1H3,(H,28,33)(H,29,32). The van der Waals surface area contributed by atoms with E-state index in [-0.39, 0.29) is 17.9 Å². The topological polar surface area (TPSA) is 88.5 Å². The van der Waals surface area contributed by atoms with Gasteiger partial charge in [0.05, 0.1) is 23.1 Å². The van der Waals surface area contributed by atoms with Gasteiger partial charge in [0, 0.05) is 50.9 Å². The van der Waals surface area contributed by atoms with Gasteiger partial charge in [-0.2, -0.15) is 18.4 Å². The minimum Gasteiger partial charge on any atom is -0.370 e. The summed E-state index contributed by atoms with van der Waals surface area (Å²) >= 11 is 0. The highest BCUT2D eigenvalue weighted by atomic mass is 19.4. The van der Waals surface area contributed by atoms with Crippen molar-refractivity contribution in [2.45, 2.75) is 31.9 Å². The smallest absolute Gasteiger partial charge is 0.370 e. The molecule has 2 N–H and O–H groups in total. The van der Waals surface area contributed by atoms with Crippen molar-refractivity contribution in [1.29, 1.82) is 5.26 Å². The Hall–Kier alpha value is -2.96. The first-order chi connectivity index (χ1) is 15.7. The molecule has 1 saturated carbocycles. The third-order valence-electron chi connectivity index (χ3n) is 7.28. The van der Waals surface area contributed by atoms with Crippen LogP contribution in [0.3, 0.4) is 0 Å². The average Bonchev–Trinajstić information content (AvgIpc) is 3.57. The number of benzene rings is 1. The van der Waals surface area contributed by atoms with Crippen molar-refractivity contribution < 1.29 is 22.8 Å². The number of urea groups is 1. The van der Waals surface area contributed by atoms with Crippen molar-refractivity contribution >= 4 is 17.6 Å². The Morgan fingerprint density at radius 1 is 1.24 bits per heavy atom. The Balaban J connectivity index is 1.59. The predicted octanol–water partition coefficient (Wildman–Crippen LogP) is 2.96. The SMILES string of the molecule is CNC(=O)N1CCC2(CC1)CN(c1ccc(C#N)c(C(F)(F)F)c1)CC2C(=O)NCC1CC1. The number of nitrogens with zero attached hydrogens (tertiary/aromatic N) is 3. The first kappa shape index (κ1) is 23.2. The summed E-state index contributed by atoms with van der Waals surface area (Å²) in [6, 6.07) is 5.17. The second kappa shape index (κ2) is 8.76. The first-order valence-electron chi connectivity index (χ1n) is 11.3. The maximum absolute atomic E-state index is 13.5. The highest BCUT2D eigenvalue weighted by molar-refractivity contribution is 5.81. The van der Waals surface area contributed by atoms with Crippen LogP contribution in [0.25, 0.3) is 0 Å². The largest absolute Gasteiger partial charge is 0.417 e. The highest BCUT2D eigenvalue weighted by Crippen LogP contribution is 2.47. The number of carbonyl (C=O) groups is 2. The van der Waals surface area contributed by atoms with E-state index in [1.54, 1.807) is 18.0 Å². The summed E-state index contributed by atoms with van der Waals surface area (Å²) in [6.07, 6.45) is -1.23. The van der Waals surface area contributed by atoms with Crippen LogP contribution < -0.4 is 15.5 Å². The van der Waals surface area contributed by atoms with Gasteiger partial charge in [0.25, 0.3) is 0 Å². The molecule has 2 aliphatic heterocycles. The van der Waals surface area contributed by atoms with E-state index in [9.17, 15) is 22.8 Å². The van der Waals surface area contributed by atoms with Crippen LogP contribution in [0.1, 0.15) is 36.8 Å². The van der Waals surface area contributed by atoms with Crippen molar-refractivity contribution in [2.75, 3.05) is 44.7 Å². The molecule has 33 heavy (non-hydrogen) atoms. The van der Waals surface area contributed by atoms with Crippen molar-refractivity contribution in [3.05, 3.63) is 29.3 Å². The van der Waals surface area contributed by atoms with Gasteiger partial charge < -0.3 is 20.4 Å². The minimum atomic E-state index is -4.64. The van der Waals surface area contributed by atoms with Crippen LogP contribution in [-0.2, 0) is 11.0 Å². The van der Waals surface area contributed by atoms with Crippen molar-refractivity contribution in [3.63, 3.8) is 0 Å². The van der Waals surface area contributed by atoms with E-state index in [0.717, 1.165) is 18.9 Å². The number of nitriles is 1. The molecule has 10 heteroatoms. The fourth-order valence-corrected chi connectivity index (χ4v) is 5.10. The lowest BCUT2D eigenvalue weighted by Gasteiger charge is -2.41. The molecule has 1 unspecified atom stereocenters. The van der Waals surface area contributed by atoms with E-state index in [1.807, 2.05) is 4.90 Å². The Kier molecular flexibility index (Phi) is 6.16. The van der Waals surface area contributed by atoms with Crippen molar-refractivity contribution in [3.8, 4) is 6.07 Å². The van der Waals surface area contributed by atoms with Gasteiger partial charge >= 0.3 is 12.2 Å². The molecule has 0 radical (unpaired) electrons. The first-order valence-corrected chi connectivity index (χ1v) is 11.3. The number of piperidine rings is 1. The number of alkyl halides is 3. The Bertz CT molecular complexity index is 962. The summed E-state index contributed by atoms with van der Waals surface area (Å²) in [5, 5.41) is 14.8. The molecule has 7 nitrogen and oxygen atoms in total. The summed E-state index contributed by atoms with van der Waals surface area (Å²) in [4.78, 5) is 28.7. The molecule has 3 fully saturated rings. The lowest BCUT2D eigenvalue weighted by molar-refractivity contribution is -0.137. The molecular formula is C23H28F3N5O2. The normalized spacial score (nSPS) is 22.2. The summed E-state index contributed by atoms with van der Waals surface area (Å²) in [5.41, 5.74) is -1.46. The Morgan fingerprint density at radius 3 is 2.52 bits per heavy atom. The Morgan fingerprint density at radius 2 is 1.94 bits per heavy atom. The van der Waals surface area contributed by atoms with E-state index in [2.05, 4.69) is 10.6 Å². The zero-order valence-electron chi connectivity index (χ0n) is 18.5. The fourth-order valence-electron chi connectivity index (χ4n) is 5.10. The van der Waals surface area contributed by atoms with Gasteiger partial charge in [0.1, 0.15) is 0 Å². The summed E-state index contributed by atoms with van der Waals surface area (Å²) in [7, 11) is 1.57. The maximum atomic E-state index is 13.5.